The second-order valence-electron chi connectivity index (χ2n) is 9.26. The summed E-state index contributed by atoms with van der Waals surface area (Å²) in [5.41, 5.74) is 2.33. The zero-order chi connectivity index (χ0) is 22.2. The van der Waals surface area contributed by atoms with Crippen molar-refractivity contribution in [2.24, 2.45) is 0 Å². The first kappa shape index (κ1) is 21.2. The number of amides is 1. The summed E-state index contributed by atoms with van der Waals surface area (Å²) in [7, 11) is 1.96. The van der Waals surface area contributed by atoms with Crippen LogP contribution in [0.2, 0.25) is 0 Å². The molecule has 4 rings (SSSR count). The van der Waals surface area contributed by atoms with Crippen molar-refractivity contribution in [2.75, 3.05) is 30.4 Å². The van der Waals surface area contributed by atoms with Gasteiger partial charge in [0.2, 0.25) is 5.95 Å². The van der Waals surface area contributed by atoms with Crippen LogP contribution in [0.3, 0.4) is 0 Å². The third-order valence-corrected chi connectivity index (χ3v) is 5.80. The highest BCUT2D eigenvalue weighted by atomic mass is 19.1. The van der Waals surface area contributed by atoms with Crippen molar-refractivity contribution in [2.45, 2.75) is 45.2 Å². The molecule has 2 aromatic heterocycles. The van der Waals surface area contributed by atoms with E-state index in [1.165, 1.54) is 6.07 Å². The van der Waals surface area contributed by atoms with Crippen LogP contribution in [0.4, 0.5) is 15.9 Å². The Labute approximate surface area is 182 Å². The minimum atomic E-state index is -0.492. The molecule has 6 nitrogen and oxygen atoms in total. The number of para-hydroxylation sites is 1. The summed E-state index contributed by atoms with van der Waals surface area (Å²) < 4.78 is 13.9. The number of piperidine rings is 1. The number of carbonyl (C=O) groups excluding carboxylic acids is 1. The number of halogens is 1. The Morgan fingerprint density at radius 3 is 2.61 bits per heavy atom. The van der Waals surface area contributed by atoms with Crippen LogP contribution >= 0.6 is 0 Å². The molecule has 0 unspecified atom stereocenters. The standard InChI is InChI=1S/C24H30FN5O/c1-24(2,3)28-20-9-10-21(25)27-22(20)29(4)16-11-13-30(14-12-16)23(31)18-15-26-19-8-6-5-7-17(18)19/h5-10,15-16,26,28H,11-14H2,1-4H3. The molecule has 1 saturated heterocycles. The van der Waals surface area contributed by atoms with Crippen LogP contribution in [0, 0.1) is 5.95 Å². The normalized spacial score (nSPS) is 15.3. The summed E-state index contributed by atoms with van der Waals surface area (Å²) in [5, 5.41) is 4.37. The summed E-state index contributed by atoms with van der Waals surface area (Å²) in [6, 6.07) is 11.2. The Hall–Kier alpha value is -3.09. The summed E-state index contributed by atoms with van der Waals surface area (Å²) in [6.07, 6.45) is 3.40. The van der Waals surface area contributed by atoms with E-state index in [4.69, 9.17) is 0 Å². The maximum absolute atomic E-state index is 13.9. The number of nitrogens with one attached hydrogen (secondary N) is 2. The SMILES string of the molecule is CN(c1nc(F)ccc1NC(C)(C)C)C1CCN(C(=O)c2c[nH]c3ccccc23)CC1. The molecule has 0 bridgehead atoms. The quantitative estimate of drug-likeness (QED) is 0.600. The topological polar surface area (TPSA) is 64.3 Å². The molecule has 0 atom stereocenters. The van der Waals surface area contributed by atoms with Crippen LogP contribution in [-0.4, -0.2) is 52.5 Å². The molecule has 1 fully saturated rings. The molecule has 0 radical (unpaired) electrons. The summed E-state index contributed by atoms with van der Waals surface area (Å²) in [5.74, 6) is 0.169. The van der Waals surface area contributed by atoms with Gasteiger partial charge in [-0.15, -0.1) is 0 Å². The number of fused-ring (bicyclic) bond motifs is 1. The second-order valence-corrected chi connectivity index (χ2v) is 9.26. The van der Waals surface area contributed by atoms with E-state index in [-0.39, 0.29) is 17.5 Å². The number of hydrogen-bond acceptors (Lipinski definition) is 4. The van der Waals surface area contributed by atoms with Crippen molar-refractivity contribution >= 4 is 28.3 Å². The van der Waals surface area contributed by atoms with E-state index in [1.807, 2.05) is 41.1 Å². The molecular formula is C24H30FN5O. The molecule has 0 aliphatic carbocycles. The lowest BCUT2D eigenvalue weighted by molar-refractivity contribution is 0.0715. The molecule has 7 heteroatoms. The molecule has 0 spiro atoms. The number of pyridine rings is 1. The van der Waals surface area contributed by atoms with E-state index < -0.39 is 5.95 Å². The van der Waals surface area contributed by atoms with Gasteiger partial charge >= 0.3 is 0 Å². The first-order valence-corrected chi connectivity index (χ1v) is 10.8. The van der Waals surface area contributed by atoms with Gasteiger partial charge in [-0.25, -0.2) is 4.98 Å². The van der Waals surface area contributed by atoms with Crippen LogP contribution in [0.15, 0.2) is 42.6 Å². The Morgan fingerprint density at radius 2 is 1.90 bits per heavy atom. The van der Waals surface area contributed by atoms with Gasteiger partial charge in [-0.05, 0) is 51.8 Å². The van der Waals surface area contributed by atoms with E-state index in [9.17, 15) is 9.18 Å². The number of H-pyrrole nitrogens is 1. The lowest BCUT2D eigenvalue weighted by atomic mass is 10.0. The zero-order valence-electron chi connectivity index (χ0n) is 18.6. The molecular weight excluding hydrogens is 393 g/mol. The zero-order valence-corrected chi connectivity index (χ0v) is 18.6. The Morgan fingerprint density at radius 1 is 1.19 bits per heavy atom. The van der Waals surface area contributed by atoms with Crippen molar-refractivity contribution in [3.63, 3.8) is 0 Å². The highest BCUT2D eigenvalue weighted by molar-refractivity contribution is 6.06. The van der Waals surface area contributed by atoms with Crippen molar-refractivity contribution in [1.29, 1.82) is 0 Å². The van der Waals surface area contributed by atoms with Crippen molar-refractivity contribution in [1.82, 2.24) is 14.9 Å². The largest absolute Gasteiger partial charge is 0.377 e. The summed E-state index contributed by atoms with van der Waals surface area (Å²) in [4.78, 5) is 24.4. The van der Waals surface area contributed by atoms with Crippen LogP contribution in [-0.2, 0) is 0 Å². The molecule has 1 aromatic carbocycles. The monoisotopic (exact) mass is 423 g/mol. The average molecular weight is 424 g/mol. The number of likely N-dealkylation sites (tertiary alicyclic amines) is 1. The molecule has 3 aromatic rings. The van der Waals surface area contributed by atoms with E-state index in [1.54, 1.807) is 12.3 Å². The predicted octanol–water partition coefficient (Wildman–Crippen LogP) is 4.65. The minimum absolute atomic E-state index is 0.0533. The van der Waals surface area contributed by atoms with Crippen LogP contribution in [0.5, 0.6) is 0 Å². The smallest absolute Gasteiger partial charge is 0.256 e. The molecule has 31 heavy (non-hydrogen) atoms. The second kappa shape index (κ2) is 8.21. The summed E-state index contributed by atoms with van der Waals surface area (Å²) >= 11 is 0. The van der Waals surface area contributed by atoms with E-state index in [0.717, 1.165) is 29.4 Å². The number of rotatable bonds is 4. The first-order chi connectivity index (χ1) is 14.7. The maximum Gasteiger partial charge on any atom is 0.256 e. The predicted molar refractivity (Wildman–Crippen MR) is 123 cm³/mol. The fourth-order valence-electron chi connectivity index (χ4n) is 4.24. The number of benzene rings is 1. The fraction of sp³-hybridized carbons (Fsp3) is 0.417. The maximum atomic E-state index is 13.9. The van der Waals surface area contributed by atoms with Gasteiger partial charge in [0.1, 0.15) is 0 Å². The van der Waals surface area contributed by atoms with E-state index in [2.05, 4.69) is 36.1 Å². The lowest BCUT2D eigenvalue weighted by Gasteiger charge is -2.38. The molecule has 0 saturated carbocycles. The third-order valence-electron chi connectivity index (χ3n) is 5.80. The number of aromatic amines is 1. The Balaban J connectivity index is 1.46. The Bertz CT molecular complexity index is 1080. The number of aromatic nitrogens is 2. The third kappa shape index (κ3) is 4.50. The van der Waals surface area contributed by atoms with Crippen molar-refractivity contribution in [3.05, 3.63) is 54.1 Å². The van der Waals surface area contributed by atoms with Crippen LogP contribution in [0.25, 0.3) is 10.9 Å². The van der Waals surface area contributed by atoms with Gasteiger partial charge in [0, 0.05) is 48.8 Å². The van der Waals surface area contributed by atoms with Crippen LogP contribution < -0.4 is 10.2 Å². The van der Waals surface area contributed by atoms with Gasteiger partial charge in [-0.1, -0.05) is 18.2 Å². The minimum Gasteiger partial charge on any atom is -0.377 e. The number of carbonyl (C=O) groups is 1. The molecule has 3 heterocycles. The number of anilines is 2. The molecule has 1 aliphatic rings. The summed E-state index contributed by atoms with van der Waals surface area (Å²) in [6.45, 7) is 7.51. The van der Waals surface area contributed by atoms with Gasteiger partial charge in [0.15, 0.2) is 5.82 Å². The molecule has 1 amide bonds. The lowest BCUT2D eigenvalue weighted by Crippen LogP contribution is -2.46. The number of nitrogens with zero attached hydrogens (tertiary/aromatic N) is 3. The average Bonchev–Trinajstić information content (AvgIpc) is 3.17. The Kier molecular flexibility index (Phi) is 5.60. The highest BCUT2D eigenvalue weighted by Crippen LogP contribution is 2.30. The van der Waals surface area contributed by atoms with Crippen molar-refractivity contribution < 1.29 is 9.18 Å². The molecule has 2 N–H and O–H groups in total. The van der Waals surface area contributed by atoms with Crippen molar-refractivity contribution in [3.8, 4) is 0 Å². The fourth-order valence-corrected chi connectivity index (χ4v) is 4.24. The van der Waals surface area contributed by atoms with Gasteiger partial charge in [0.05, 0.1) is 11.3 Å². The van der Waals surface area contributed by atoms with Gasteiger partial charge in [-0.2, -0.15) is 4.39 Å². The highest BCUT2D eigenvalue weighted by Gasteiger charge is 2.29. The molecule has 1 aliphatic heterocycles. The van der Waals surface area contributed by atoms with E-state index >= 15 is 0 Å². The van der Waals surface area contributed by atoms with Crippen LogP contribution in [0.1, 0.15) is 44.0 Å². The number of hydrogen-bond donors (Lipinski definition) is 2. The van der Waals surface area contributed by atoms with Gasteiger partial charge < -0.3 is 20.1 Å². The molecule has 164 valence electrons. The van der Waals surface area contributed by atoms with E-state index in [0.29, 0.717) is 24.5 Å². The van der Waals surface area contributed by atoms with Gasteiger partial charge in [-0.3, -0.25) is 4.79 Å². The first-order valence-electron chi connectivity index (χ1n) is 10.8. The van der Waals surface area contributed by atoms with Gasteiger partial charge in [0.25, 0.3) is 5.91 Å².